The summed E-state index contributed by atoms with van der Waals surface area (Å²) in [6.45, 7) is 0. The minimum atomic E-state index is 0.862. The van der Waals surface area contributed by atoms with Gasteiger partial charge in [-0.3, -0.25) is 0 Å². The number of rotatable bonds is 7. The molecule has 0 amide bonds. The Morgan fingerprint density at radius 1 is 0.257 bits per heavy atom. The molecule has 0 aliphatic carbocycles. The Labute approximate surface area is 405 Å². The van der Waals surface area contributed by atoms with Crippen molar-refractivity contribution in [3.8, 4) is 44.5 Å². The van der Waals surface area contributed by atoms with Crippen molar-refractivity contribution in [1.82, 2.24) is 0 Å². The minimum absolute atomic E-state index is 0.862. The minimum Gasteiger partial charge on any atom is -0.454 e. The van der Waals surface area contributed by atoms with Gasteiger partial charge >= 0.3 is 0 Å². The monoisotopic (exact) mass is 889 g/mol. The van der Waals surface area contributed by atoms with Crippen LogP contribution < -0.4 is 4.90 Å². The molecule has 326 valence electrons. The topological polar surface area (TPSA) is 16.4 Å². The molecule has 0 spiro atoms. The summed E-state index contributed by atoms with van der Waals surface area (Å²) in [6.07, 6.45) is 0. The maximum absolute atomic E-state index is 6.88. The standard InChI is InChI=1S/C68H43NO/c1-2-14-48-40-50(25-24-44(48)12-1)53-29-28-51-41-49(26-27-52(51)42-53)45-30-34-55(35-31-45)69(65-43-54-15-4-6-18-59(54)67-64-21-9-10-23-66(64)70-68(65)67)56-36-32-47(33-37-56)58-38-39-63(62-20-8-7-19-60(58)62)61-22-11-16-46-13-3-5-17-57(46)61/h1-43H. The van der Waals surface area contributed by atoms with Crippen molar-refractivity contribution in [2.24, 2.45) is 0 Å². The molecule has 1 aromatic heterocycles. The summed E-state index contributed by atoms with van der Waals surface area (Å²) in [7, 11) is 0. The van der Waals surface area contributed by atoms with Crippen molar-refractivity contribution in [3.05, 3.63) is 261 Å². The van der Waals surface area contributed by atoms with Crippen molar-refractivity contribution in [1.29, 1.82) is 0 Å². The largest absolute Gasteiger partial charge is 0.454 e. The lowest BCUT2D eigenvalue weighted by Gasteiger charge is -2.26. The fourth-order valence-electron chi connectivity index (χ4n) is 11.0. The van der Waals surface area contributed by atoms with Gasteiger partial charge in [-0.1, -0.05) is 206 Å². The number of nitrogens with zero attached hydrogens (tertiary/aromatic N) is 1. The zero-order valence-electron chi connectivity index (χ0n) is 38.2. The molecule has 0 radical (unpaired) electrons. The van der Waals surface area contributed by atoms with E-state index in [1.807, 2.05) is 0 Å². The van der Waals surface area contributed by atoms with Crippen LogP contribution in [-0.4, -0.2) is 0 Å². The molecule has 0 N–H and O–H groups in total. The van der Waals surface area contributed by atoms with Crippen LogP contribution in [0, 0.1) is 0 Å². The average Bonchev–Trinajstić information content (AvgIpc) is 3.83. The number of anilines is 3. The molecule has 0 fully saturated rings. The van der Waals surface area contributed by atoms with Gasteiger partial charge in [0.1, 0.15) is 5.58 Å². The molecule has 14 aromatic rings. The van der Waals surface area contributed by atoms with Crippen LogP contribution in [0.1, 0.15) is 0 Å². The summed E-state index contributed by atoms with van der Waals surface area (Å²) in [6, 6.07) is 95.0. The summed E-state index contributed by atoms with van der Waals surface area (Å²) in [4.78, 5) is 2.36. The molecule has 0 unspecified atom stereocenters. The maximum Gasteiger partial charge on any atom is 0.160 e. The molecule has 13 aromatic carbocycles. The highest BCUT2D eigenvalue weighted by atomic mass is 16.3. The molecule has 0 aliphatic heterocycles. The van der Waals surface area contributed by atoms with E-state index < -0.39 is 0 Å². The Bertz CT molecular complexity index is 4350. The number of para-hydroxylation sites is 1. The van der Waals surface area contributed by atoms with Gasteiger partial charge in [-0.15, -0.1) is 0 Å². The summed E-state index contributed by atoms with van der Waals surface area (Å²) in [5.74, 6) is 0. The van der Waals surface area contributed by atoms with Crippen molar-refractivity contribution in [2.75, 3.05) is 4.90 Å². The smallest absolute Gasteiger partial charge is 0.160 e. The van der Waals surface area contributed by atoms with Crippen LogP contribution >= 0.6 is 0 Å². The number of hydrogen-bond acceptors (Lipinski definition) is 2. The maximum atomic E-state index is 6.88. The van der Waals surface area contributed by atoms with Crippen molar-refractivity contribution >= 4 is 92.9 Å². The lowest BCUT2D eigenvalue weighted by molar-refractivity contribution is 0.669. The SMILES string of the molecule is c1ccc2cc(-c3ccc4cc(-c5ccc(N(c6ccc(-c7ccc(-c8cccc9ccccc89)c8ccccc78)cc6)c6cc7ccccc7c7c6oc6ccccc67)cc5)ccc4c3)ccc2c1. The van der Waals surface area contributed by atoms with Crippen LogP contribution in [0.15, 0.2) is 265 Å². The zero-order valence-corrected chi connectivity index (χ0v) is 38.2. The molecule has 0 saturated carbocycles. The van der Waals surface area contributed by atoms with E-state index in [4.69, 9.17) is 4.42 Å². The third-order valence-corrected chi connectivity index (χ3v) is 14.4. The predicted octanol–water partition coefficient (Wildman–Crippen LogP) is 19.5. The number of fused-ring (bicyclic) bond motifs is 9. The molecule has 1 heterocycles. The Morgan fingerprint density at radius 3 is 1.41 bits per heavy atom. The van der Waals surface area contributed by atoms with E-state index in [1.54, 1.807) is 0 Å². The lowest BCUT2D eigenvalue weighted by atomic mass is 9.90. The van der Waals surface area contributed by atoms with Gasteiger partial charge in [-0.05, 0) is 153 Å². The van der Waals surface area contributed by atoms with Gasteiger partial charge in [0.2, 0.25) is 0 Å². The van der Waals surface area contributed by atoms with Crippen LogP contribution in [0.25, 0.3) is 120 Å². The highest BCUT2D eigenvalue weighted by molar-refractivity contribution is 6.23. The van der Waals surface area contributed by atoms with Crippen LogP contribution in [0.4, 0.5) is 17.1 Å². The number of benzene rings is 13. The van der Waals surface area contributed by atoms with Gasteiger partial charge in [-0.2, -0.15) is 0 Å². The van der Waals surface area contributed by atoms with Crippen LogP contribution in [0.2, 0.25) is 0 Å². The third kappa shape index (κ3) is 6.64. The molecule has 2 heteroatoms. The van der Waals surface area contributed by atoms with Crippen molar-refractivity contribution < 1.29 is 4.42 Å². The Morgan fingerprint density at radius 2 is 0.714 bits per heavy atom. The first-order valence-electron chi connectivity index (χ1n) is 24.1. The fourth-order valence-corrected chi connectivity index (χ4v) is 11.0. The van der Waals surface area contributed by atoms with Crippen LogP contribution in [0.5, 0.6) is 0 Å². The van der Waals surface area contributed by atoms with Crippen LogP contribution in [0.3, 0.4) is 0 Å². The van der Waals surface area contributed by atoms with E-state index in [2.05, 4.69) is 266 Å². The number of furan rings is 1. The Kier molecular flexibility index (Phi) is 9.25. The first-order chi connectivity index (χ1) is 34.7. The van der Waals surface area contributed by atoms with E-state index in [1.165, 1.54) is 81.9 Å². The van der Waals surface area contributed by atoms with Crippen molar-refractivity contribution in [3.63, 3.8) is 0 Å². The van der Waals surface area contributed by atoms with E-state index in [0.717, 1.165) is 55.5 Å². The van der Waals surface area contributed by atoms with E-state index in [9.17, 15) is 0 Å². The molecular formula is C68H43NO. The summed E-state index contributed by atoms with van der Waals surface area (Å²) in [5.41, 5.74) is 14.4. The van der Waals surface area contributed by atoms with Crippen molar-refractivity contribution in [2.45, 2.75) is 0 Å². The Hall–Kier alpha value is -9.24. The fraction of sp³-hybridized carbons (Fsp3) is 0. The first-order valence-corrected chi connectivity index (χ1v) is 24.1. The molecule has 0 bridgehead atoms. The molecule has 70 heavy (non-hydrogen) atoms. The van der Waals surface area contributed by atoms with E-state index in [-0.39, 0.29) is 0 Å². The van der Waals surface area contributed by atoms with Gasteiger partial charge in [0.15, 0.2) is 5.58 Å². The molecule has 0 atom stereocenters. The second-order valence-electron chi connectivity index (χ2n) is 18.4. The summed E-state index contributed by atoms with van der Waals surface area (Å²) < 4.78 is 6.88. The molecule has 0 saturated heterocycles. The normalized spacial score (nSPS) is 11.7. The van der Waals surface area contributed by atoms with Gasteiger partial charge in [-0.25, -0.2) is 0 Å². The van der Waals surface area contributed by atoms with Gasteiger partial charge in [0, 0.05) is 22.1 Å². The molecule has 14 rings (SSSR count). The van der Waals surface area contributed by atoms with E-state index >= 15 is 0 Å². The zero-order chi connectivity index (χ0) is 46.1. The van der Waals surface area contributed by atoms with Gasteiger partial charge in [0.05, 0.1) is 5.69 Å². The van der Waals surface area contributed by atoms with Gasteiger partial charge in [0.25, 0.3) is 0 Å². The van der Waals surface area contributed by atoms with E-state index in [0.29, 0.717) is 0 Å². The first kappa shape index (κ1) is 39.9. The molecule has 0 aliphatic rings. The second kappa shape index (κ2) is 16.2. The summed E-state index contributed by atoms with van der Waals surface area (Å²) >= 11 is 0. The molecule has 2 nitrogen and oxygen atoms in total. The third-order valence-electron chi connectivity index (χ3n) is 14.4. The highest BCUT2D eigenvalue weighted by Crippen LogP contribution is 2.47. The van der Waals surface area contributed by atoms with Gasteiger partial charge < -0.3 is 9.32 Å². The average molecular weight is 890 g/mol. The quantitative estimate of drug-likeness (QED) is 0.159. The Balaban J connectivity index is 0.871. The highest BCUT2D eigenvalue weighted by Gasteiger charge is 2.22. The van der Waals surface area contributed by atoms with Crippen LogP contribution in [-0.2, 0) is 0 Å². The number of hydrogen-bond donors (Lipinski definition) is 0. The predicted molar refractivity (Wildman–Crippen MR) is 298 cm³/mol. The summed E-state index contributed by atoms with van der Waals surface area (Å²) in [5, 5.41) is 14.5. The second-order valence-corrected chi connectivity index (χ2v) is 18.4. The lowest BCUT2D eigenvalue weighted by Crippen LogP contribution is -2.10. The molecular weight excluding hydrogens is 847 g/mol.